The molecule has 6 heteroatoms. The van der Waals surface area contributed by atoms with Crippen molar-refractivity contribution in [1.82, 2.24) is 0 Å². The zero-order chi connectivity index (χ0) is 29.1. The molecule has 0 radical (unpaired) electrons. The van der Waals surface area contributed by atoms with Crippen molar-refractivity contribution in [3.8, 4) is 0 Å². The van der Waals surface area contributed by atoms with Crippen LogP contribution in [0.25, 0.3) is 0 Å². The van der Waals surface area contributed by atoms with Gasteiger partial charge in [0.25, 0.3) is 0 Å². The fraction of sp³-hybridized carbons (Fsp3) is 0.517. The molecule has 0 aliphatic heterocycles. The van der Waals surface area contributed by atoms with Crippen molar-refractivity contribution >= 4 is 40.2 Å². The summed E-state index contributed by atoms with van der Waals surface area (Å²) in [4.78, 5) is 21.0. The molecule has 5 nitrogen and oxygen atoms in total. The van der Waals surface area contributed by atoms with Gasteiger partial charge in [-0.3, -0.25) is 0 Å². The average molecular weight is 606 g/mol. The SMILES string of the molecule is CC.CC.CC.CC.CCC.CCCI.COC(=O)c1cccc(N)c1.O=C(O)c1c#cccc1. The summed E-state index contributed by atoms with van der Waals surface area (Å²) in [5.41, 5.74) is 6.64. The molecule has 2 aromatic carbocycles. The predicted octanol–water partition coefficient (Wildman–Crippen LogP) is 9.39. The largest absolute Gasteiger partial charge is 0.477 e. The molecule has 204 valence electrons. The van der Waals surface area contributed by atoms with E-state index < -0.39 is 5.97 Å². The topological polar surface area (TPSA) is 89.6 Å². The molecule has 0 bridgehead atoms. The second-order valence-electron chi connectivity index (χ2n) is 5.03. The van der Waals surface area contributed by atoms with Crippen molar-refractivity contribution < 1.29 is 19.4 Å². The average Bonchev–Trinajstić information content (AvgIpc) is 2.94. The van der Waals surface area contributed by atoms with Crippen molar-refractivity contribution in [2.24, 2.45) is 0 Å². The number of benzene rings is 1. The Morgan fingerprint density at radius 1 is 0.943 bits per heavy atom. The number of hydrogen-bond donors (Lipinski definition) is 2. The highest BCUT2D eigenvalue weighted by molar-refractivity contribution is 14.1. The lowest BCUT2D eigenvalue weighted by atomic mass is 10.2. The summed E-state index contributed by atoms with van der Waals surface area (Å²) in [6.07, 6.45) is 2.56. The first-order valence-corrected chi connectivity index (χ1v) is 14.0. The lowest BCUT2D eigenvalue weighted by Crippen LogP contribution is -2.01. The summed E-state index contributed by atoms with van der Waals surface area (Å²) in [6, 6.07) is 16.3. The van der Waals surface area contributed by atoms with Gasteiger partial charge in [0, 0.05) is 5.69 Å². The van der Waals surface area contributed by atoms with E-state index in [1.807, 2.05) is 55.4 Å². The quantitative estimate of drug-likeness (QED) is 0.157. The van der Waals surface area contributed by atoms with Gasteiger partial charge in [-0.2, -0.15) is 0 Å². The highest BCUT2D eigenvalue weighted by Gasteiger charge is 2.03. The van der Waals surface area contributed by atoms with Crippen LogP contribution >= 0.6 is 22.6 Å². The number of aromatic carboxylic acids is 1. The standard InChI is InChI=1S/C8H9NO2.C7H4O2.C3H7I.C3H8.4C2H6/c1-11-8(10)6-3-2-4-7(9)5-6;8-7(9)6-4-2-1-3-5-6;1-2-3-4;1-3-2;4*1-2/h2-5H,9H2,1H3;1-2,4H,(H,8,9);2-3H2,1H3;3H2,1-2H3;4*1-2H3. The number of methoxy groups -OCH3 is 1. The maximum atomic E-state index is 10.9. The molecule has 0 aliphatic carbocycles. The van der Waals surface area contributed by atoms with Gasteiger partial charge in [-0.15, -0.1) is 0 Å². The zero-order valence-corrected chi connectivity index (χ0v) is 26.4. The van der Waals surface area contributed by atoms with Gasteiger partial charge in [0.2, 0.25) is 0 Å². The number of nitrogens with two attached hydrogens (primary N) is 1. The lowest BCUT2D eigenvalue weighted by Gasteiger charge is -1.98. The van der Waals surface area contributed by atoms with Gasteiger partial charge in [-0.1, -0.05) is 129 Å². The fourth-order valence-corrected chi connectivity index (χ4v) is 1.26. The van der Waals surface area contributed by atoms with Crippen molar-refractivity contribution in [2.75, 3.05) is 17.3 Å². The smallest absolute Gasteiger partial charge is 0.344 e. The highest BCUT2D eigenvalue weighted by atomic mass is 127. The van der Waals surface area contributed by atoms with Crippen LogP contribution in [0.5, 0.6) is 0 Å². The molecule has 0 saturated carbocycles. The van der Waals surface area contributed by atoms with E-state index in [4.69, 9.17) is 10.8 Å². The van der Waals surface area contributed by atoms with E-state index in [1.54, 1.807) is 36.4 Å². The Morgan fingerprint density at radius 2 is 1.40 bits per heavy atom. The van der Waals surface area contributed by atoms with E-state index in [0.717, 1.165) is 0 Å². The number of esters is 1. The maximum Gasteiger partial charge on any atom is 0.344 e. The zero-order valence-electron chi connectivity index (χ0n) is 24.3. The van der Waals surface area contributed by atoms with Crippen molar-refractivity contribution in [1.29, 1.82) is 0 Å². The molecule has 0 fully saturated rings. The van der Waals surface area contributed by atoms with E-state index in [2.05, 4.69) is 60.2 Å². The highest BCUT2D eigenvalue weighted by Crippen LogP contribution is 2.06. The van der Waals surface area contributed by atoms with Crippen LogP contribution in [-0.4, -0.2) is 28.6 Å². The minimum atomic E-state index is -0.966. The summed E-state index contributed by atoms with van der Waals surface area (Å²) >= 11 is 2.35. The fourth-order valence-electron chi connectivity index (χ4n) is 1.26. The van der Waals surface area contributed by atoms with Crippen LogP contribution in [0.4, 0.5) is 5.69 Å². The molecule has 2 aromatic rings. The molecule has 0 aromatic heterocycles. The first-order chi connectivity index (χ1) is 16.9. The Morgan fingerprint density at radius 3 is 1.66 bits per heavy atom. The van der Waals surface area contributed by atoms with E-state index in [0.29, 0.717) is 11.3 Å². The minimum Gasteiger partial charge on any atom is -0.477 e. The van der Waals surface area contributed by atoms with Gasteiger partial charge in [-0.25, -0.2) is 9.59 Å². The number of rotatable bonds is 3. The Hall–Kier alpha value is -2.27. The van der Waals surface area contributed by atoms with Crippen LogP contribution in [0.1, 0.15) is 110 Å². The van der Waals surface area contributed by atoms with Gasteiger partial charge in [0.1, 0.15) is 5.56 Å². The molecule has 0 atom stereocenters. The second-order valence-corrected chi connectivity index (χ2v) is 6.11. The van der Waals surface area contributed by atoms with Crippen LogP contribution in [0.2, 0.25) is 0 Å². The molecule has 0 spiro atoms. The first kappa shape index (κ1) is 46.1. The molecular formula is C29H52INO4. The lowest BCUT2D eigenvalue weighted by molar-refractivity contribution is 0.0600. The van der Waals surface area contributed by atoms with Gasteiger partial charge in [0.05, 0.1) is 12.7 Å². The Kier molecular flexibility index (Phi) is 59.6. The Balaban J connectivity index is -0.0000000787. The van der Waals surface area contributed by atoms with E-state index in [-0.39, 0.29) is 11.5 Å². The summed E-state index contributed by atoms with van der Waals surface area (Å²) < 4.78 is 5.79. The van der Waals surface area contributed by atoms with Crippen LogP contribution in [0.15, 0.2) is 42.5 Å². The first-order valence-electron chi connectivity index (χ1n) is 12.5. The van der Waals surface area contributed by atoms with Crippen LogP contribution in [-0.2, 0) is 4.74 Å². The molecule has 0 amide bonds. The Bertz CT molecular complexity index is 634. The monoisotopic (exact) mass is 605 g/mol. The number of alkyl halides is 1. The molecule has 0 aliphatic rings. The number of nitrogen functional groups attached to an aromatic ring is 1. The van der Waals surface area contributed by atoms with E-state index in [1.165, 1.54) is 30.4 Å². The summed E-state index contributed by atoms with van der Waals surface area (Å²) in [5, 5.41) is 8.33. The number of ether oxygens (including phenoxy) is 1. The molecule has 2 rings (SSSR count). The summed E-state index contributed by atoms with van der Waals surface area (Å²) in [7, 11) is 1.34. The number of carbonyl (C=O) groups excluding carboxylic acids is 1. The van der Waals surface area contributed by atoms with Crippen LogP contribution in [0, 0.1) is 12.1 Å². The number of carbonyl (C=O) groups is 2. The normalized spacial score (nSPS) is 7.00. The number of hydrogen-bond acceptors (Lipinski definition) is 4. The van der Waals surface area contributed by atoms with Crippen molar-refractivity contribution in [3.63, 3.8) is 0 Å². The van der Waals surface area contributed by atoms with E-state index >= 15 is 0 Å². The number of carboxylic acid groups (broad SMARTS) is 1. The second kappa shape index (κ2) is 45.3. The molecule has 3 N–H and O–H groups in total. The third-order valence-corrected chi connectivity index (χ3v) is 3.46. The molecule has 0 heterocycles. The van der Waals surface area contributed by atoms with Gasteiger partial charge < -0.3 is 15.6 Å². The minimum absolute atomic E-state index is 0.150. The number of halogens is 1. The Labute approximate surface area is 231 Å². The summed E-state index contributed by atoms with van der Waals surface area (Å²) in [5.74, 6) is -1.33. The number of carboxylic acids is 1. The molecule has 0 saturated heterocycles. The number of anilines is 1. The third kappa shape index (κ3) is 39.3. The van der Waals surface area contributed by atoms with E-state index in [9.17, 15) is 9.59 Å². The maximum absolute atomic E-state index is 10.9. The van der Waals surface area contributed by atoms with Gasteiger partial charge in [0.15, 0.2) is 0 Å². The van der Waals surface area contributed by atoms with Crippen molar-refractivity contribution in [2.45, 2.75) is 89.0 Å². The van der Waals surface area contributed by atoms with Gasteiger partial charge in [-0.05, 0) is 41.2 Å². The third-order valence-electron chi connectivity index (χ3n) is 2.38. The summed E-state index contributed by atoms with van der Waals surface area (Å²) in [6.45, 7) is 22.4. The van der Waals surface area contributed by atoms with Gasteiger partial charge >= 0.3 is 11.9 Å². The predicted molar refractivity (Wildman–Crippen MR) is 164 cm³/mol. The van der Waals surface area contributed by atoms with Crippen molar-refractivity contribution in [3.05, 3.63) is 65.7 Å². The molecular weight excluding hydrogens is 553 g/mol. The molecule has 35 heavy (non-hydrogen) atoms. The van der Waals surface area contributed by atoms with Crippen LogP contribution < -0.4 is 5.73 Å². The van der Waals surface area contributed by atoms with Crippen LogP contribution in [0.3, 0.4) is 0 Å². The molecule has 0 unspecified atom stereocenters.